The smallest absolute Gasteiger partial charge is 0.298 e. The Morgan fingerprint density at radius 2 is 2.36 bits per heavy atom. The zero-order valence-electron chi connectivity index (χ0n) is 6.55. The van der Waals surface area contributed by atoms with Crippen molar-refractivity contribution in [2.45, 2.75) is 25.3 Å². The Morgan fingerprint density at radius 3 is 2.91 bits per heavy atom. The Morgan fingerprint density at radius 1 is 1.55 bits per heavy atom. The van der Waals surface area contributed by atoms with Crippen LogP contribution < -0.4 is 5.32 Å². The molecule has 0 saturated carbocycles. The van der Waals surface area contributed by atoms with E-state index in [1.807, 2.05) is 10.8 Å². The molecular formula is C8H13N2O+. The van der Waals surface area contributed by atoms with E-state index in [0.717, 1.165) is 25.9 Å². The van der Waals surface area contributed by atoms with E-state index in [-0.39, 0.29) is 11.9 Å². The molecule has 0 unspecified atom stereocenters. The molecule has 1 saturated heterocycles. The molecule has 0 aromatic carbocycles. The maximum atomic E-state index is 11.4. The van der Waals surface area contributed by atoms with E-state index < -0.39 is 0 Å². The van der Waals surface area contributed by atoms with Crippen LogP contribution in [0.3, 0.4) is 0 Å². The maximum Gasteiger partial charge on any atom is 0.404 e. The number of nitrogens with zero attached hydrogens (tertiary/aromatic N) is 1. The van der Waals surface area contributed by atoms with Crippen molar-refractivity contribution in [1.82, 2.24) is 5.32 Å². The number of hydrogen-bond acceptors (Lipinski definition) is 2. The van der Waals surface area contributed by atoms with Gasteiger partial charge < -0.3 is 0 Å². The van der Waals surface area contributed by atoms with Crippen molar-refractivity contribution in [2.24, 2.45) is 0 Å². The summed E-state index contributed by atoms with van der Waals surface area (Å²) in [6, 6.07) is 0.143. The van der Waals surface area contributed by atoms with Crippen molar-refractivity contribution in [2.75, 3.05) is 13.1 Å². The lowest BCUT2D eigenvalue weighted by atomic mass is 10.2. The van der Waals surface area contributed by atoms with Crippen molar-refractivity contribution in [3.63, 3.8) is 0 Å². The second-order valence-electron chi connectivity index (χ2n) is 3.17. The number of hydrogen-bond donors (Lipinski definition) is 1. The molecule has 2 aliphatic heterocycles. The molecule has 3 heteroatoms. The van der Waals surface area contributed by atoms with Gasteiger partial charge in [-0.25, -0.2) is 4.79 Å². The molecule has 1 amide bonds. The largest absolute Gasteiger partial charge is 0.404 e. The van der Waals surface area contributed by atoms with E-state index in [4.69, 9.17) is 0 Å². The summed E-state index contributed by atoms with van der Waals surface area (Å²) in [7, 11) is 0. The van der Waals surface area contributed by atoms with Crippen molar-refractivity contribution in [1.29, 1.82) is 0 Å². The van der Waals surface area contributed by atoms with Crippen LogP contribution in [0.5, 0.6) is 0 Å². The van der Waals surface area contributed by atoms with E-state index in [1.54, 1.807) is 0 Å². The molecule has 1 atom stereocenters. The maximum absolute atomic E-state index is 11.4. The highest BCUT2D eigenvalue weighted by Gasteiger charge is 2.37. The molecule has 0 spiro atoms. The van der Waals surface area contributed by atoms with Crippen LogP contribution in [0.2, 0.25) is 0 Å². The summed E-state index contributed by atoms with van der Waals surface area (Å²) in [6.45, 7) is 1.81. The van der Waals surface area contributed by atoms with Gasteiger partial charge in [0.25, 0.3) is 0 Å². The fourth-order valence-electron chi connectivity index (χ4n) is 1.40. The molecule has 2 aliphatic rings. The van der Waals surface area contributed by atoms with Gasteiger partial charge in [0.1, 0.15) is 12.3 Å². The van der Waals surface area contributed by atoms with Gasteiger partial charge in [-0.1, -0.05) is 0 Å². The molecule has 1 N–H and O–H groups in total. The molecule has 3 nitrogen and oxygen atoms in total. The Balaban J connectivity index is 2.01. The molecule has 2 heterocycles. The number of amides is 1. The third-order valence-electron chi connectivity index (χ3n) is 2.19. The first-order valence-electron chi connectivity index (χ1n) is 4.25. The number of carbonyl (C=O) groups excluding carboxylic acids is 1. The number of nitrogens with one attached hydrogen (secondary N) is 1. The fourth-order valence-corrected chi connectivity index (χ4v) is 1.40. The molecule has 11 heavy (non-hydrogen) atoms. The van der Waals surface area contributed by atoms with Gasteiger partial charge >= 0.3 is 5.91 Å². The standard InChI is InChI=1S/C8H13N2O/c11-8(7-6-9-7)10-4-2-1-3-5-10/h4,7,9H,1-3,5-6H2/q+1/t7-/m1/s1. The highest BCUT2D eigenvalue weighted by molar-refractivity contribution is 5.80. The summed E-state index contributed by atoms with van der Waals surface area (Å²) in [5.74, 6) is 0.268. The van der Waals surface area contributed by atoms with Crippen molar-refractivity contribution < 1.29 is 9.37 Å². The Hall–Kier alpha value is -0.700. The topological polar surface area (TPSA) is 42.0 Å². The van der Waals surface area contributed by atoms with Gasteiger partial charge in [-0.3, -0.25) is 5.32 Å². The fraction of sp³-hybridized carbons (Fsp3) is 0.750. The number of rotatable bonds is 1. The van der Waals surface area contributed by atoms with E-state index in [0.29, 0.717) is 0 Å². The van der Waals surface area contributed by atoms with E-state index in [9.17, 15) is 4.79 Å². The second-order valence-corrected chi connectivity index (χ2v) is 3.17. The monoisotopic (exact) mass is 153 g/mol. The van der Waals surface area contributed by atoms with Crippen LogP contribution in [0.15, 0.2) is 0 Å². The quantitative estimate of drug-likeness (QED) is 0.417. The van der Waals surface area contributed by atoms with Gasteiger partial charge in [-0.05, 0) is 6.42 Å². The Kier molecular flexibility index (Phi) is 1.74. The van der Waals surface area contributed by atoms with Gasteiger partial charge in [-0.15, -0.1) is 0 Å². The minimum atomic E-state index is 0.143. The van der Waals surface area contributed by atoms with E-state index in [1.165, 1.54) is 6.42 Å². The summed E-state index contributed by atoms with van der Waals surface area (Å²) >= 11 is 0. The predicted molar refractivity (Wildman–Crippen MR) is 41.8 cm³/mol. The van der Waals surface area contributed by atoms with Crippen LogP contribution in [0.25, 0.3) is 0 Å². The molecule has 0 aromatic rings. The molecule has 1 fully saturated rings. The summed E-state index contributed by atoms with van der Waals surface area (Å²) in [6.07, 6.45) is 5.50. The van der Waals surface area contributed by atoms with Gasteiger partial charge in [0.05, 0.1) is 0 Å². The SMILES string of the molecule is O=C([C@H]1CN1)[N+]1=CCCCC1. The normalized spacial score (nSPS) is 29.5. The third-order valence-corrected chi connectivity index (χ3v) is 2.19. The molecule has 0 radical (unpaired) electrons. The highest BCUT2D eigenvalue weighted by Crippen LogP contribution is 2.05. The van der Waals surface area contributed by atoms with E-state index >= 15 is 0 Å². The predicted octanol–water partition coefficient (Wildman–Crippen LogP) is -0.248. The van der Waals surface area contributed by atoms with Gasteiger partial charge in [0.2, 0.25) is 0 Å². The molecule has 0 bridgehead atoms. The lowest BCUT2D eigenvalue weighted by Crippen LogP contribution is -2.30. The van der Waals surface area contributed by atoms with Crippen molar-refractivity contribution in [3.8, 4) is 0 Å². The van der Waals surface area contributed by atoms with Gasteiger partial charge in [0.15, 0.2) is 6.54 Å². The third kappa shape index (κ3) is 1.48. The van der Waals surface area contributed by atoms with Crippen LogP contribution in [0.4, 0.5) is 0 Å². The van der Waals surface area contributed by atoms with Gasteiger partial charge in [0, 0.05) is 19.4 Å². The number of carbonyl (C=O) groups is 1. The zero-order chi connectivity index (χ0) is 7.68. The first-order valence-corrected chi connectivity index (χ1v) is 4.25. The molecule has 2 rings (SSSR count). The minimum absolute atomic E-state index is 0.143. The summed E-state index contributed by atoms with van der Waals surface area (Å²) in [5.41, 5.74) is 0. The van der Waals surface area contributed by atoms with Crippen LogP contribution in [0, 0.1) is 0 Å². The Labute approximate surface area is 66.1 Å². The lowest BCUT2D eigenvalue weighted by molar-refractivity contribution is -0.450. The molecule has 60 valence electrons. The summed E-state index contributed by atoms with van der Waals surface area (Å²) in [4.78, 5) is 11.4. The van der Waals surface area contributed by atoms with Crippen LogP contribution in [0.1, 0.15) is 19.3 Å². The second kappa shape index (κ2) is 2.74. The molecule has 0 aromatic heterocycles. The first kappa shape index (κ1) is 6.98. The minimum Gasteiger partial charge on any atom is -0.298 e. The average Bonchev–Trinajstić information content (AvgIpc) is 2.87. The zero-order valence-corrected chi connectivity index (χ0v) is 6.55. The lowest BCUT2D eigenvalue weighted by Gasteiger charge is -2.04. The van der Waals surface area contributed by atoms with Crippen molar-refractivity contribution >= 4 is 12.1 Å². The van der Waals surface area contributed by atoms with E-state index in [2.05, 4.69) is 5.32 Å². The van der Waals surface area contributed by atoms with Crippen molar-refractivity contribution in [3.05, 3.63) is 0 Å². The summed E-state index contributed by atoms with van der Waals surface area (Å²) in [5, 5.41) is 3.02. The first-order chi connectivity index (χ1) is 5.38. The summed E-state index contributed by atoms with van der Waals surface area (Å²) < 4.78 is 1.87. The molecular weight excluding hydrogens is 140 g/mol. The van der Waals surface area contributed by atoms with Crippen LogP contribution in [-0.4, -0.2) is 35.8 Å². The van der Waals surface area contributed by atoms with Gasteiger partial charge in [-0.2, -0.15) is 4.58 Å². The average molecular weight is 153 g/mol. The van der Waals surface area contributed by atoms with Crippen LogP contribution >= 0.6 is 0 Å². The Bertz CT molecular complexity index is 206. The van der Waals surface area contributed by atoms with Crippen LogP contribution in [-0.2, 0) is 4.79 Å². The highest BCUT2D eigenvalue weighted by atomic mass is 16.2. The molecule has 0 aliphatic carbocycles.